The van der Waals surface area contributed by atoms with E-state index in [0.29, 0.717) is 0 Å². The van der Waals surface area contributed by atoms with E-state index in [-0.39, 0.29) is 0 Å². The minimum absolute atomic E-state index is 0.842. The maximum Gasteiger partial charge on any atom is 0.0382 e. The zero-order valence-electron chi connectivity index (χ0n) is 36.0. The topological polar surface area (TPSA) is 24.4 Å². The molecule has 0 saturated carbocycles. The lowest BCUT2D eigenvalue weighted by Crippen LogP contribution is -2.16. The number of aliphatic imine (C=N–C) groups is 1. The lowest BCUT2D eigenvalue weighted by molar-refractivity contribution is 0.542. The van der Waals surface area contributed by atoms with Crippen LogP contribution < -0.4 is 5.32 Å². The molecule has 2 heteroatoms. The van der Waals surface area contributed by atoms with Crippen LogP contribution in [0.4, 0.5) is 0 Å². The van der Waals surface area contributed by atoms with Crippen LogP contribution in [0.15, 0.2) is 145 Å². The summed E-state index contributed by atoms with van der Waals surface area (Å²) in [6, 6.07) is 20.8. The molecule has 2 nitrogen and oxygen atoms in total. The number of nitrogens with zero attached hydrogens (tertiary/aromatic N) is 1. The van der Waals surface area contributed by atoms with E-state index in [0.717, 1.165) is 61.5 Å². The predicted molar refractivity (Wildman–Crippen MR) is 245 cm³/mol. The van der Waals surface area contributed by atoms with Gasteiger partial charge in [0.1, 0.15) is 0 Å². The van der Waals surface area contributed by atoms with Crippen molar-refractivity contribution in [1.82, 2.24) is 5.32 Å². The number of benzene rings is 2. The van der Waals surface area contributed by atoms with Gasteiger partial charge in [-0.15, -0.1) is 0 Å². The summed E-state index contributed by atoms with van der Waals surface area (Å²) in [5.74, 6) is 0.842. The normalized spacial score (nSPS) is 10.7. The van der Waals surface area contributed by atoms with Crippen LogP contribution in [0.3, 0.4) is 0 Å². The van der Waals surface area contributed by atoms with E-state index in [1.165, 1.54) is 54.4 Å². The number of unbranched alkanes of at least 4 members (excludes halogenated alkanes) is 2. The third kappa shape index (κ3) is 34.7. The highest BCUT2D eigenvalue weighted by Crippen LogP contribution is 2.21. The van der Waals surface area contributed by atoms with E-state index in [2.05, 4.69) is 130 Å². The fourth-order valence-corrected chi connectivity index (χ4v) is 4.31. The first-order chi connectivity index (χ1) is 25.1. The minimum Gasteiger partial charge on any atom is -0.313 e. The van der Waals surface area contributed by atoms with Crippen LogP contribution in [0.2, 0.25) is 0 Å². The van der Waals surface area contributed by atoms with Gasteiger partial charge in [-0.1, -0.05) is 223 Å². The fraction of sp³-hybridized carbons (Fsp3) is 0.460. The Morgan fingerprint density at radius 1 is 0.808 bits per heavy atom. The highest BCUT2D eigenvalue weighted by Gasteiger charge is 2.03. The van der Waals surface area contributed by atoms with Crippen molar-refractivity contribution in [3.63, 3.8) is 0 Å². The molecular weight excluding hydrogens is 629 g/mol. The number of aryl methyl sites for hydroxylation is 1. The first kappa shape index (κ1) is 55.0. The zero-order valence-corrected chi connectivity index (χ0v) is 36.0. The molecule has 1 N–H and O–H groups in total. The van der Waals surface area contributed by atoms with Gasteiger partial charge in [0.2, 0.25) is 0 Å². The molecule has 0 bridgehead atoms. The van der Waals surface area contributed by atoms with Crippen LogP contribution in [0.1, 0.15) is 132 Å². The number of rotatable bonds is 18. The molecule has 0 unspecified atom stereocenters. The molecule has 0 heterocycles. The lowest BCUT2D eigenvalue weighted by Gasteiger charge is -2.11. The van der Waals surface area contributed by atoms with Gasteiger partial charge < -0.3 is 10.3 Å². The summed E-state index contributed by atoms with van der Waals surface area (Å²) in [5.41, 5.74) is 8.82. The molecule has 292 valence electrons. The molecule has 0 aliphatic rings. The Morgan fingerprint density at radius 2 is 1.35 bits per heavy atom. The van der Waals surface area contributed by atoms with Crippen LogP contribution in [0.25, 0.3) is 5.57 Å². The summed E-state index contributed by atoms with van der Waals surface area (Å²) in [5, 5.41) is 3.40. The summed E-state index contributed by atoms with van der Waals surface area (Å²) < 4.78 is 0. The maximum absolute atomic E-state index is 4.06. The van der Waals surface area contributed by atoms with Gasteiger partial charge in [-0.25, -0.2) is 0 Å². The zero-order chi connectivity index (χ0) is 40.4. The Hall–Kier alpha value is -3.75. The average molecular weight is 711 g/mol. The molecular formula is C50H82N2. The second-order valence-electron chi connectivity index (χ2n) is 12.4. The Kier molecular flexibility index (Phi) is 45.9. The van der Waals surface area contributed by atoms with Gasteiger partial charge in [0.15, 0.2) is 0 Å². The van der Waals surface area contributed by atoms with Crippen molar-refractivity contribution in [3.8, 4) is 0 Å². The Balaban J connectivity index is -0.000000293. The summed E-state index contributed by atoms with van der Waals surface area (Å²) in [6.45, 7) is 45.4. The molecule has 0 aliphatic carbocycles. The molecule has 2 aromatic carbocycles. The maximum atomic E-state index is 4.06. The first-order valence-corrected chi connectivity index (χ1v) is 19.9. The van der Waals surface area contributed by atoms with E-state index in [9.17, 15) is 0 Å². The van der Waals surface area contributed by atoms with Crippen LogP contribution in [-0.4, -0.2) is 26.4 Å². The predicted octanol–water partition coefficient (Wildman–Crippen LogP) is 15.6. The molecule has 52 heavy (non-hydrogen) atoms. The fourth-order valence-electron chi connectivity index (χ4n) is 4.31. The number of allylic oxidation sites excluding steroid dienone is 9. The monoisotopic (exact) mass is 711 g/mol. The van der Waals surface area contributed by atoms with Crippen LogP contribution in [0, 0.1) is 12.8 Å². The average Bonchev–Trinajstić information content (AvgIpc) is 3.18. The lowest BCUT2D eigenvalue weighted by atomic mass is 9.97. The Bertz CT molecular complexity index is 1180. The van der Waals surface area contributed by atoms with Crippen molar-refractivity contribution in [3.05, 3.63) is 151 Å². The quantitative estimate of drug-likeness (QED) is 0.0929. The van der Waals surface area contributed by atoms with E-state index in [4.69, 9.17) is 0 Å². The molecule has 0 aliphatic heterocycles. The van der Waals surface area contributed by atoms with E-state index in [1.807, 2.05) is 74.5 Å². The molecule has 0 radical (unpaired) electrons. The molecule has 0 aromatic heterocycles. The molecule has 0 fully saturated rings. The summed E-state index contributed by atoms with van der Waals surface area (Å²) >= 11 is 0. The van der Waals surface area contributed by atoms with E-state index >= 15 is 0 Å². The molecule has 0 saturated heterocycles. The van der Waals surface area contributed by atoms with Crippen LogP contribution >= 0.6 is 0 Å². The smallest absolute Gasteiger partial charge is 0.0382 e. The summed E-state index contributed by atoms with van der Waals surface area (Å²) in [7, 11) is 0. The van der Waals surface area contributed by atoms with Crippen LogP contribution in [-0.2, 0) is 0 Å². The second kappa shape index (κ2) is 43.4. The highest BCUT2D eigenvalue weighted by molar-refractivity contribution is 5.67. The third-order valence-electron chi connectivity index (χ3n) is 7.62. The standard InChI is InChI=1S/C15H23N.C15H20.C8H17N.C6H6.C4H10.C2H6/c1-5-14(11-16-6-2)13(4)15-9-7-12(3)8-10-15;1-6-10-12-14(8-3)15(9-4)13(5)11-7-2;1-8(2)6-4-5-7-9-3;1-2-4-6-5-3-1;1-3-4-2;1-2/h7-10,16H,5-6,11H2,1-4H3;6,8-10,12H,1,3-5,7,11H2,2H3;8H,3-7H2,1-2H3;1-6H;3-4H2,1-2H3;1-2H3/b14-13-;12-10-,15-14-;;;;. The van der Waals surface area contributed by atoms with Gasteiger partial charge in [0, 0.05) is 13.1 Å². The third-order valence-corrected chi connectivity index (χ3v) is 7.62. The number of hydrogen-bond donors (Lipinski definition) is 1. The Morgan fingerprint density at radius 3 is 1.71 bits per heavy atom. The van der Waals surface area contributed by atoms with E-state index in [1.54, 1.807) is 6.08 Å². The molecule has 2 rings (SSSR count). The SMILES string of the molecule is C=C/C=C\C(C=C)=C(\C=C)C(=C)CCC.C=NCCCCC(C)C.CC.CCCC.CCNC/C(CC)=C(/C)c1ccc(C)cc1.c1ccccc1. The van der Waals surface area contributed by atoms with Gasteiger partial charge >= 0.3 is 0 Å². The van der Waals surface area contributed by atoms with E-state index < -0.39 is 0 Å². The molecule has 2 aromatic rings. The number of nitrogens with one attached hydrogen (secondary N) is 1. The van der Waals surface area contributed by atoms with Crippen molar-refractivity contribution in [1.29, 1.82) is 0 Å². The van der Waals surface area contributed by atoms with Gasteiger partial charge in [-0.3, -0.25) is 0 Å². The van der Waals surface area contributed by atoms with Gasteiger partial charge in [0.05, 0.1) is 0 Å². The number of likely N-dealkylation sites (N-methyl/N-ethyl adjacent to an activating group) is 1. The van der Waals surface area contributed by atoms with Gasteiger partial charge in [-0.2, -0.15) is 0 Å². The van der Waals surface area contributed by atoms with Crippen LogP contribution in [0.5, 0.6) is 0 Å². The second-order valence-corrected chi connectivity index (χ2v) is 12.4. The van der Waals surface area contributed by atoms with Crippen molar-refractivity contribution in [2.24, 2.45) is 10.9 Å². The number of hydrogen-bond acceptors (Lipinski definition) is 2. The van der Waals surface area contributed by atoms with Crippen molar-refractivity contribution >= 4 is 12.3 Å². The van der Waals surface area contributed by atoms with Crippen molar-refractivity contribution < 1.29 is 0 Å². The minimum atomic E-state index is 0.842. The Labute approximate surface area is 325 Å². The first-order valence-electron chi connectivity index (χ1n) is 19.9. The summed E-state index contributed by atoms with van der Waals surface area (Å²) in [4.78, 5) is 3.78. The largest absolute Gasteiger partial charge is 0.313 e. The summed E-state index contributed by atoms with van der Waals surface area (Å²) in [6.07, 6.45) is 18.9. The molecule has 0 atom stereocenters. The van der Waals surface area contributed by atoms with Crippen molar-refractivity contribution in [2.45, 2.75) is 128 Å². The van der Waals surface area contributed by atoms with Gasteiger partial charge in [0.25, 0.3) is 0 Å². The molecule has 0 spiro atoms. The van der Waals surface area contributed by atoms with Gasteiger partial charge in [-0.05, 0) is 80.1 Å². The highest BCUT2D eigenvalue weighted by atomic mass is 14.8. The molecule has 0 amide bonds. The van der Waals surface area contributed by atoms with Crippen molar-refractivity contribution in [2.75, 3.05) is 19.6 Å².